The van der Waals surface area contributed by atoms with Crippen molar-refractivity contribution in [2.45, 2.75) is 232 Å². The van der Waals surface area contributed by atoms with Crippen molar-refractivity contribution in [1.82, 2.24) is 34.1 Å². The van der Waals surface area contributed by atoms with Crippen LogP contribution in [0.4, 0.5) is 0 Å². The average Bonchev–Trinajstić information content (AvgIpc) is 1.56. The minimum absolute atomic E-state index is 0. The van der Waals surface area contributed by atoms with Crippen LogP contribution in [0.1, 0.15) is 241 Å². The third kappa shape index (κ3) is 20.5. The van der Waals surface area contributed by atoms with Gasteiger partial charge in [0, 0.05) is 73.5 Å². The summed E-state index contributed by atoms with van der Waals surface area (Å²) >= 11 is 0. The largest absolute Gasteiger partial charge is 3.00 e. The molecule has 0 amide bonds. The standard InChI is InChI=1S/2C63H63N2.C12H8N3.Ir/c2*1-4-6-8-10-12-20-40-63(41-21-13-11-9-7-5-2)58-42-47(46-29-34-50(35-30-46)65-61-26-18-16-24-56(61)57-25-17-19-27-62(57)65)31-37-53(58)54-38-32-48(43-59(54)63)49-33-39-60(64-44-49)55-36-28-45(3)51-22-14-15-23-52(51)55;1-2-6-10-9(5-1)14-12(15-10)11-7-3-4-8-13-11;/h2*14,16-19,22-39,42-44H,4-13,20-21,40-41H2,1-3H3;1-8H;/q3*-1;+3. The molecule has 15 aromatic carbocycles. The van der Waals surface area contributed by atoms with E-state index in [1.165, 1.54) is 356 Å². The summed E-state index contributed by atoms with van der Waals surface area (Å²) in [5.41, 5.74) is 38.6. The molecule has 6 aromatic heterocycles. The van der Waals surface area contributed by atoms with Crippen molar-refractivity contribution in [2.75, 3.05) is 0 Å². The van der Waals surface area contributed by atoms with Crippen LogP contribution in [-0.4, -0.2) is 29.1 Å². The summed E-state index contributed by atoms with van der Waals surface area (Å²) < 4.78 is 4.84. The maximum absolute atomic E-state index is 5.13. The van der Waals surface area contributed by atoms with E-state index < -0.39 is 0 Å². The molecule has 0 unspecified atom stereocenters. The van der Waals surface area contributed by atoms with Crippen molar-refractivity contribution in [1.29, 1.82) is 0 Å². The van der Waals surface area contributed by atoms with Gasteiger partial charge in [0.15, 0.2) is 0 Å². The maximum atomic E-state index is 5.13. The quantitative estimate of drug-likeness (QED) is 0.0286. The summed E-state index contributed by atoms with van der Waals surface area (Å²) in [7, 11) is 0. The van der Waals surface area contributed by atoms with Gasteiger partial charge in [-0.25, -0.2) is 0 Å². The molecule has 730 valence electrons. The molecule has 8 heteroatoms. The molecule has 0 aliphatic heterocycles. The smallest absolute Gasteiger partial charge is 0.434 e. The van der Waals surface area contributed by atoms with E-state index >= 15 is 0 Å². The van der Waals surface area contributed by atoms with Gasteiger partial charge in [-0.3, -0.25) is 15.0 Å². The molecule has 2 aliphatic rings. The number of hydrogen-bond donors (Lipinski definition) is 0. The normalized spacial score (nSPS) is 12.6. The molecule has 0 saturated carbocycles. The van der Waals surface area contributed by atoms with Crippen LogP contribution in [0.25, 0.3) is 188 Å². The molecular weight excluding hydrogens is 1950 g/mol. The monoisotopic (exact) mass is 2080 g/mol. The summed E-state index contributed by atoms with van der Waals surface area (Å²) in [4.78, 5) is 23.3. The number of aromatic nitrogens is 7. The topological polar surface area (TPSA) is 75.5 Å². The van der Waals surface area contributed by atoms with Crippen LogP contribution in [0.5, 0.6) is 0 Å². The van der Waals surface area contributed by atoms with E-state index in [9.17, 15) is 0 Å². The van der Waals surface area contributed by atoms with Crippen LogP contribution in [0.3, 0.4) is 0 Å². The second kappa shape index (κ2) is 46.2. The van der Waals surface area contributed by atoms with Crippen molar-refractivity contribution in [3.8, 4) is 112 Å². The molecule has 0 bridgehead atoms. The van der Waals surface area contributed by atoms with Crippen LogP contribution in [0.15, 0.2) is 364 Å². The molecule has 6 heterocycles. The SMILES string of the molecule is CCCCCCCCC1(CCCCCCCC)c2cc(-c3ccc(-n4c5ccccc5c5ccccc54)cc3)ccc2-c2ccc(-c3ccc(-c4ccc(C)c5cc[c-]cc45)nc3)cc21.CCCCCCCCC1(CCCCCCCC)c2cc(-c3ccc(-n4c5ccccc5c5ccccc54)cc3)ccc2-c2ccc(-c3ccc(-c4ccc(C)c5cc[c-]cc45)nc3)cc21.[Ir+3].c1ccc(-c2nc3ccccc3[n-]2)nc1. The van der Waals surface area contributed by atoms with E-state index in [4.69, 9.17) is 9.97 Å². The van der Waals surface area contributed by atoms with Crippen LogP contribution >= 0.6 is 0 Å². The van der Waals surface area contributed by atoms with Gasteiger partial charge >= 0.3 is 20.1 Å². The Bertz CT molecular complexity index is 7480. The van der Waals surface area contributed by atoms with Crippen molar-refractivity contribution in [3.05, 3.63) is 410 Å². The zero-order valence-corrected chi connectivity index (χ0v) is 88.3. The number of pyridine rings is 3. The van der Waals surface area contributed by atoms with E-state index in [-0.39, 0.29) is 30.9 Å². The van der Waals surface area contributed by atoms with Gasteiger partial charge in [-0.15, -0.1) is 21.5 Å². The number of imidazole rings is 1. The van der Waals surface area contributed by atoms with Gasteiger partial charge in [0.05, 0.1) is 39.1 Å². The fourth-order valence-electron chi connectivity index (χ4n) is 24.1. The van der Waals surface area contributed by atoms with Crippen molar-refractivity contribution in [3.63, 3.8) is 0 Å². The van der Waals surface area contributed by atoms with Gasteiger partial charge in [0.25, 0.3) is 0 Å². The zero-order valence-electron chi connectivity index (χ0n) is 85.9. The summed E-state index contributed by atoms with van der Waals surface area (Å²) in [6.07, 6.45) is 42.0. The number of fused-ring (bicyclic) bond motifs is 15. The molecule has 0 N–H and O–H groups in total. The first-order valence-corrected chi connectivity index (χ1v) is 54.4. The summed E-state index contributed by atoms with van der Waals surface area (Å²) in [5.74, 6) is 0.691. The summed E-state index contributed by atoms with van der Waals surface area (Å²) in [6, 6.07) is 134. The van der Waals surface area contributed by atoms with Crippen LogP contribution in [0.2, 0.25) is 0 Å². The molecule has 7 nitrogen and oxygen atoms in total. The van der Waals surface area contributed by atoms with Crippen molar-refractivity contribution < 1.29 is 20.1 Å². The van der Waals surface area contributed by atoms with Crippen LogP contribution in [-0.2, 0) is 30.9 Å². The first-order valence-electron chi connectivity index (χ1n) is 54.4. The molecule has 21 aromatic rings. The number of aryl methyl sites for hydroxylation is 2. The summed E-state index contributed by atoms with van der Waals surface area (Å²) in [5, 5.41) is 10.1. The second-order valence-electron chi connectivity index (χ2n) is 41.0. The molecule has 2 aliphatic carbocycles. The zero-order chi connectivity index (χ0) is 98.4. The Kier molecular flexibility index (Phi) is 31.4. The number of hydrogen-bond acceptors (Lipinski definition) is 4. The molecular formula is C138H134IrN7. The fourth-order valence-corrected chi connectivity index (χ4v) is 24.1. The Labute approximate surface area is 877 Å². The van der Waals surface area contributed by atoms with Gasteiger partial charge in [0.1, 0.15) is 0 Å². The predicted octanol–water partition coefficient (Wildman–Crippen LogP) is 38.7. The number of unbranched alkanes of at least 4 members (excludes halogenated alkanes) is 20. The first-order chi connectivity index (χ1) is 71.6. The van der Waals surface area contributed by atoms with Gasteiger partial charge in [-0.05, 0) is 242 Å². The van der Waals surface area contributed by atoms with Gasteiger partial charge in [0.2, 0.25) is 0 Å². The third-order valence-electron chi connectivity index (χ3n) is 31.8. The van der Waals surface area contributed by atoms with Crippen molar-refractivity contribution >= 4 is 76.2 Å². The van der Waals surface area contributed by atoms with Gasteiger partial charge < -0.3 is 19.1 Å². The second-order valence-corrected chi connectivity index (χ2v) is 41.0. The van der Waals surface area contributed by atoms with E-state index in [2.05, 4.69) is 381 Å². The number of para-hydroxylation sites is 6. The Balaban J connectivity index is 0.000000154. The average molecular weight is 2080 g/mol. The number of benzene rings is 15. The van der Waals surface area contributed by atoms with Crippen LogP contribution in [0, 0.1) is 26.0 Å². The number of nitrogens with zero attached hydrogens (tertiary/aromatic N) is 7. The minimum Gasteiger partial charge on any atom is -0.434 e. The fraction of sp³-hybridized carbons (Fsp3) is 0.261. The molecule has 0 radical (unpaired) electrons. The molecule has 0 atom stereocenters. The Morgan fingerprint density at radius 1 is 0.267 bits per heavy atom. The Hall–Kier alpha value is -14.0. The van der Waals surface area contributed by atoms with E-state index in [1.54, 1.807) is 6.20 Å². The summed E-state index contributed by atoms with van der Waals surface area (Å²) in [6.45, 7) is 13.6. The molecule has 0 fully saturated rings. The predicted molar refractivity (Wildman–Crippen MR) is 615 cm³/mol. The van der Waals surface area contributed by atoms with Crippen molar-refractivity contribution in [2.24, 2.45) is 0 Å². The third-order valence-corrected chi connectivity index (χ3v) is 31.8. The van der Waals surface area contributed by atoms with E-state index in [0.29, 0.717) is 5.82 Å². The van der Waals surface area contributed by atoms with E-state index in [1.807, 2.05) is 54.6 Å². The Morgan fingerprint density at radius 2 is 0.589 bits per heavy atom. The molecule has 23 rings (SSSR count). The maximum Gasteiger partial charge on any atom is 3.00 e. The molecule has 0 spiro atoms. The molecule has 0 saturated heterocycles. The van der Waals surface area contributed by atoms with Crippen LogP contribution < -0.4 is 4.98 Å². The minimum atomic E-state index is -0.0419. The first kappa shape index (κ1) is 99.3. The van der Waals surface area contributed by atoms with E-state index in [0.717, 1.165) is 39.2 Å². The Morgan fingerprint density at radius 3 is 0.938 bits per heavy atom. The number of rotatable bonds is 37. The van der Waals surface area contributed by atoms with Gasteiger partial charge in [-0.2, -0.15) is 48.5 Å². The van der Waals surface area contributed by atoms with Gasteiger partial charge in [-0.1, -0.05) is 405 Å². The molecule has 146 heavy (non-hydrogen) atoms.